The van der Waals surface area contributed by atoms with E-state index in [1.165, 1.54) is 6.07 Å². The molecule has 18 heavy (non-hydrogen) atoms. The zero-order valence-electron chi connectivity index (χ0n) is 9.97. The number of aromatic carboxylic acids is 1. The monoisotopic (exact) mass is 248 g/mol. The predicted octanol–water partition coefficient (Wildman–Crippen LogP) is 1.39. The Morgan fingerprint density at radius 3 is 2.67 bits per heavy atom. The molecule has 0 unspecified atom stereocenters. The molecule has 0 aliphatic rings. The van der Waals surface area contributed by atoms with Gasteiger partial charge in [0.05, 0.1) is 5.69 Å². The smallest absolute Gasteiger partial charge is 0.356 e. The predicted molar refractivity (Wildman–Crippen MR) is 62.3 cm³/mol. The van der Waals surface area contributed by atoms with Gasteiger partial charge in [-0.05, 0) is 26.0 Å². The molecule has 2 heterocycles. The van der Waals surface area contributed by atoms with Crippen molar-refractivity contribution in [3.63, 3.8) is 0 Å². The van der Waals surface area contributed by atoms with Crippen molar-refractivity contribution in [2.45, 2.75) is 20.4 Å². The molecule has 0 aromatic carbocycles. The molecule has 0 saturated carbocycles. The molecule has 2 N–H and O–H groups in total. The standard InChI is InChI=1S/C11H12N4O3/c1-6-8(7(2)18-15-6)5-12-10-4-3-9(11(16)17)13-14-10/h3-4H,5H2,1-2H3,(H,12,14)(H,16,17). The van der Waals surface area contributed by atoms with Gasteiger partial charge in [-0.25, -0.2) is 4.79 Å². The average Bonchev–Trinajstić information content (AvgIpc) is 2.67. The lowest BCUT2D eigenvalue weighted by Gasteiger charge is -2.04. The van der Waals surface area contributed by atoms with Gasteiger partial charge >= 0.3 is 5.97 Å². The van der Waals surface area contributed by atoms with Crippen LogP contribution < -0.4 is 5.32 Å². The number of hydrogen-bond donors (Lipinski definition) is 2. The summed E-state index contributed by atoms with van der Waals surface area (Å²) in [6.45, 7) is 4.19. The zero-order chi connectivity index (χ0) is 13.1. The first-order chi connectivity index (χ1) is 8.58. The number of rotatable bonds is 4. The highest BCUT2D eigenvalue weighted by atomic mass is 16.5. The maximum Gasteiger partial charge on any atom is 0.356 e. The van der Waals surface area contributed by atoms with Crippen molar-refractivity contribution >= 4 is 11.8 Å². The van der Waals surface area contributed by atoms with Crippen molar-refractivity contribution < 1.29 is 14.4 Å². The third kappa shape index (κ3) is 2.45. The lowest BCUT2D eigenvalue weighted by molar-refractivity contribution is 0.0689. The number of carboxylic acid groups (broad SMARTS) is 1. The quantitative estimate of drug-likeness (QED) is 0.842. The Morgan fingerprint density at radius 2 is 2.17 bits per heavy atom. The summed E-state index contributed by atoms with van der Waals surface area (Å²) in [5.74, 6) is 0.148. The maximum absolute atomic E-state index is 10.6. The van der Waals surface area contributed by atoms with Gasteiger partial charge in [0.25, 0.3) is 0 Å². The highest BCUT2D eigenvalue weighted by molar-refractivity contribution is 5.85. The summed E-state index contributed by atoms with van der Waals surface area (Å²) in [7, 11) is 0. The van der Waals surface area contributed by atoms with Crippen molar-refractivity contribution in [2.75, 3.05) is 5.32 Å². The van der Waals surface area contributed by atoms with E-state index < -0.39 is 5.97 Å². The van der Waals surface area contributed by atoms with Crippen LogP contribution in [0.15, 0.2) is 16.7 Å². The lowest BCUT2D eigenvalue weighted by atomic mass is 10.2. The van der Waals surface area contributed by atoms with E-state index >= 15 is 0 Å². The minimum Gasteiger partial charge on any atom is -0.476 e. The van der Waals surface area contributed by atoms with Crippen LogP contribution in [0.25, 0.3) is 0 Å². The van der Waals surface area contributed by atoms with Crippen LogP contribution in [0.5, 0.6) is 0 Å². The third-order valence-corrected chi connectivity index (χ3v) is 2.51. The fourth-order valence-electron chi connectivity index (χ4n) is 1.47. The molecule has 0 radical (unpaired) electrons. The van der Waals surface area contributed by atoms with Crippen molar-refractivity contribution in [3.05, 3.63) is 34.8 Å². The first-order valence-corrected chi connectivity index (χ1v) is 5.30. The number of aryl methyl sites for hydroxylation is 2. The lowest BCUT2D eigenvalue weighted by Crippen LogP contribution is -2.06. The largest absolute Gasteiger partial charge is 0.476 e. The summed E-state index contributed by atoms with van der Waals surface area (Å²) >= 11 is 0. The van der Waals surface area contributed by atoms with Gasteiger partial charge in [0.15, 0.2) is 5.69 Å². The van der Waals surface area contributed by atoms with E-state index in [0.29, 0.717) is 12.4 Å². The Balaban J connectivity index is 2.04. The van der Waals surface area contributed by atoms with Crippen molar-refractivity contribution in [1.29, 1.82) is 0 Å². The Bertz CT molecular complexity index is 543. The number of nitrogens with zero attached hydrogens (tertiary/aromatic N) is 3. The van der Waals surface area contributed by atoms with E-state index in [-0.39, 0.29) is 5.69 Å². The number of nitrogens with one attached hydrogen (secondary N) is 1. The van der Waals surface area contributed by atoms with Gasteiger partial charge in [0.2, 0.25) is 0 Å². The second-order valence-corrected chi connectivity index (χ2v) is 3.77. The van der Waals surface area contributed by atoms with Crippen LogP contribution in [0, 0.1) is 13.8 Å². The molecule has 0 amide bonds. The normalized spacial score (nSPS) is 10.3. The van der Waals surface area contributed by atoms with Crippen LogP contribution in [0.4, 0.5) is 5.82 Å². The van der Waals surface area contributed by atoms with Crippen molar-refractivity contribution in [1.82, 2.24) is 15.4 Å². The van der Waals surface area contributed by atoms with Gasteiger partial charge in [-0.3, -0.25) is 0 Å². The van der Waals surface area contributed by atoms with Gasteiger partial charge in [0.1, 0.15) is 11.6 Å². The van der Waals surface area contributed by atoms with Gasteiger partial charge in [-0.15, -0.1) is 10.2 Å². The Hall–Kier alpha value is -2.44. The molecule has 7 heteroatoms. The van der Waals surface area contributed by atoms with Crippen LogP contribution in [0.2, 0.25) is 0 Å². The minimum atomic E-state index is -1.10. The molecular weight excluding hydrogens is 236 g/mol. The molecule has 0 fully saturated rings. The summed E-state index contributed by atoms with van der Waals surface area (Å²) in [6.07, 6.45) is 0. The number of carboxylic acids is 1. The van der Waals surface area contributed by atoms with Crippen LogP contribution >= 0.6 is 0 Å². The van der Waals surface area contributed by atoms with Crippen LogP contribution in [-0.4, -0.2) is 26.4 Å². The maximum atomic E-state index is 10.6. The number of aromatic nitrogens is 3. The zero-order valence-corrected chi connectivity index (χ0v) is 9.97. The topological polar surface area (TPSA) is 101 Å². The summed E-state index contributed by atoms with van der Waals surface area (Å²) in [5, 5.41) is 22.9. The second-order valence-electron chi connectivity index (χ2n) is 3.77. The van der Waals surface area contributed by atoms with Crippen molar-refractivity contribution in [3.8, 4) is 0 Å². The first kappa shape index (κ1) is 12.0. The van der Waals surface area contributed by atoms with E-state index in [0.717, 1.165) is 17.0 Å². The number of anilines is 1. The van der Waals surface area contributed by atoms with E-state index in [1.807, 2.05) is 13.8 Å². The van der Waals surface area contributed by atoms with E-state index in [9.17, 15) is 4.79 Å². The number of hydrogen-bond acceptors (Lipinski definition) is 6. The molecule has 7 nitrogen and oxygen atoms in total. The van der Waals surface area contributed by atoms with Crippen LogP contribution in [-0.2, 0) is 6.54 Å². The molecule has 0 aliphatic heterocycles. The van der Waals surface area contributed by atoms with Gasteiger partial charge in [0, 0.05) is 12.1 Å². The Labute approximate surface area is 103 Å². The molecule has 2 aromatic rings. The van der Waals surface area contributed by atoms with Crippen LogP contribution in [0.3, 0.4) is 0 Å². The average molecular weight is 248 g/mol. The summed E-state index contributed by atoms with van der Waals surface area (Å²) < 4.78 is 5.03. The summed E-state index contributed by atoms with van der Waals surface area (Å²) in [6, 6.07) is 2.96. The van der Waals surface area contributed by atoms with Gasteiger partial charge < -0.3 is 14.9 Å². The number of carbonyl (C=O) groups is 1. The van der Waals surface area contributed by atoms with Crippen LogP contribution in [0.1, 0.15) is 27.5 Å². The molecule has 0 atom stereocenters. The fraction of sp³-hybridized carbons (Fsp3) is 0.273. The van der Waals surface area contributed by atoms with E-state index in [2.05, 4.69) is 20.7 Å². The first-order valence-electron chi connectivity index (χ1n) is 5.30. The van der Waals surface area contributed by atoms with Gasteiger partial charge in [-0.1, -0.05) is 5.16 Å². The van der Waals surface area contributed by atoms with E-state index in [1.54, 1.807) is 6.07 Å². The molecule has 94 valence electrons. The SMILES string of the molecule is Cc1noc(C)c1CNc1ccc(C(=O)O)nn1. The molecule has 0 spiro atoms. The second kappa shape index (κ2) is 4.82. The molecule has 2 rings (SSSR count). The van der Waals surface area contributed by atoms with Gasteiger partial charge in [-0.2, -0.15) is 0 Å². The molecule has 0 saturated heterocycles. The summed E-state index contributed by atoms with van der Waals surface area (Å²) in [4.78, 5) is 10.6. The summed E-state index contributed by atoms with van der Waals surface area (Å²) in [5.41, 5.74) is 1.69. The third-order valence-electron chi connectivity index (χ3n) is 2.51. The Kier molecular flexibility index (Phi) is 3.22. The van der Waals surface area contributed by atoms with E-state index in [4.69, 9.17) is 9.63 Å². The highest BCUT2D eigenvalue weighted by Crippen LogP contribution is 2.13. The molecule has 2 aromatic heterocycles. The highest BCUT2D eigenvalue weighted by Gasteiger charge is 2.09. The Morgan fingerprint density at radius 1 is 1.39 bits per heavy atom. The molecular formula is C11H12N4O3. The fourth-order valence-corrected chi connectivity index (χ4v) is 1.47. The molecule has 0 aliphatic carbocycles. The van der Waals surface area contributed by atoms with Crippen molar-refractivity contribution in [2.24, 2.45) is 0 Å². The minimum absolute atomic E-state index is 0.0853. The molecule has 0 bridgehead atoms.